The van der Waals surface area contributed by atoms with E-state index in [1.807, 2.05) is 37.2 Å². The molecule has 5 heteroatoms. The van der Waals surface area contributed by atoms with Crippen LogP contribution in [0.3, 0.4) is 0 Å². The molecule has 5 nitrogen and oxygen atoms in total. The van der Waals surface area contributed by atoms with Crippen molar-refractivity contribution in [3.05, 3.63) is 48.0 Å². The number of hydrogen-bond donors (Lipinski definition) is 1. The summed E-state index contributed by atoms with van der Waals surface area (Å²) < 4.78 is 10.5. The summed E-state index contributed by atoms with van der Waals surface area (Å²) in [6.07, 6.45) is 0. The molecule has 2 aromatic carbocycles. The van der Waals surface area contributed by atoms with E-state index in [4.69, 9.17) is 9.47 Å². The largest absolute Gasteiger partial charge is 0.454 e. The van der Waals surface area contributed by atoms with Gasteiger partial charge >= 0.3 is 0 Å². The van der Waals surface area contributed by atoms with Crippen molar-refractivity contribution in [2.24, 2.45) is 0 Å². The molecule has 0 unspecified atom stereocenters. The third-order valence-corrected chi connectivity index (χ3v) is 3.26. The monoisotopic (exact) mass is 284 g/mol. The Balaban J connectivity index is 1.78. The van der Waals surface area contributed by atoms with Crippen LogP contribution >= 0.6 is 0 Å². The molecule has 0 radical (unpaired) electrons. The Kier molecular flexibility index (Phi) is 3.39. The van der Waals surface area contributed by atoms with E-state index >= 15 is 0 Å². The number of carbonyl (C=O) groups is 1. The van der Waals surface area contributed by atoms with Gasteiger partial charge in [0, 0.05) is 37.1 Å². The van der Waals surface area contributed by atoms with Crippen LogP contribution in [0.2, 0.25) is 0 Å². The van der Waals surface area contributed by atoms with Crippen molar-refractivity contribution in [1.82, 2.24) is 0 Å². The second kappa shape index (κ2) is 5.36. The Morgan fingerprint density at radius 2 is 1.90 bits per heavy atom. The first kappa shape index (κ1) is 13.3. The fourth-order valence-electron chi connectivity index (χ4n) is 2.10. The zero-order chi connectivity index (χ0) is 14.8. The highest BCUT2D eigenvalue weighted by Gasteiger charge is 2.14. The average molecular weight is 284 g/mol. The molecule has 1 aliphatic heterocycles. The van der Waals surface area contributed by atoms with Crippen LogP contribution in [0.25, 0.3) is 0 Å². The maximum atomic E-state index is 12.3. The van der Waals surface area contributed by atoms with Gasteiger partial charge in [0.25, 0.3) is 5.91 Å². The van der Waals surface area contributed by atoms with Crippen LogP contribution in [0.15, 0.2) is 42.5 Å². The molecule has 1 amide bonds. The maximum absolute atomic E-state index is 12.3. The predicted octanol–water partition coefficient (Wildman–Crippen LogP) is 2.73. The number of amides is 1. The number of rotatable bonds is 3. The standard InChI is InChI=1S/C16H16N2O3/c1-18(2)13-5-3-4-11(8-13)16(19)17-12-6-7-14-15(9-12)21-10-20-14/h3-9H,10H2,1-2H3,(H,17,19). The second-order valence-electron chi connectivity index (χ2n) is 4.97. The van der Waals surface area contributed by atoms with Gasteiger partial charge in [-0.25, -0.2) is 0 Å². The molecule has 1 N–H and O–H groups in total. The van der Waals surface area contributed by atoms with E-state index in [-0.39, 0.29) is 12.7 Å². The third-order valence-electron chi connectivity index (χ3n) is 3.26. The molecule has 0 aliphatic carbocycles. The maximum Gasteiger partial charge on any atom is 0.255 e. The van der Waals surface area contributed by atoms with Crippen molar-refractivity contribution in [3.8, 4) is 11.5 Å². The molecule has 1 aliphatic rings. The Labute approximate surface area is 123 Å². The minimum Gasteiger partial charge on any atom is -0.454 e. The van der Waals surface area contributed by atoms with Crippen molar-refractivity contribution < 1.29 is 14.3 Å². The molecule has 0 aromatic heterocycles. The highest BCUT2D eigenvalue weighted by Crippen LogP contribution is 2.34. The lowest BCUT2D eigenvalue weighted by Gasteiger charge is -2.13. The van der Waals surface area contributed by atoms with Gasteiger partial charge in [0.2, 0.25) is 6.79 Å². The zero-order valence-electron chi connectivity index (χ0n) is 11.9. The lowest BCUT2D eigenvalue weighted by atomic mass is 10.1. The summed E-state index contributed by atoms with van der Waals surface area (Å²) in [4.78, 5) is 14.2. The van der Waals surface area contributed by atoms with E-state index < -0.39 is 0 Å². The van der Waals surface area contributed by atoms with E-state index in [0.717, 1.165) is 5.69 Å². The van der Waals surface area contributed by atoms with E-state index in [2.05, 4.69) is 5.32 Å². The third kappa shape index (κ3) is 2.76. The molecule has 0 saturated heterocycles. The molecule has 2 aromatic rings. The lowest BCUT2D eigenvalue weighted by molar-refractivity contribution is 0.102. The number of nitrogens with one attached hydrogen (secondary N) is 1. The van der Waals surface area contributed by atoms with Gasteiger partial charge in [-0.05, 0) is 30.3 Å². The summed E-state index contributed by atoms with van der Waals surface area (Å²) in [6.45, 7) is 0.220. The van der Waals surface area contributed by atoms with Gasteiger partial charge in [-0.1, -0.05) is 6.07 Å². The molecule has 108 valence electrons. The van der Waals surface area contributed by atoms with Gasteiger partial charge in [0.1, 0.15) is 0 Å². The first-order valence-corrected chi connectivity index (χ1v) is 6.62. The zero-order valence-corrected chi connectivity index (χ0v) is 11.9. The Morgan fingerprint density at radius 3 is 2.71 bits per heavy atom. The van der Waals surface area contributed by atoms with Gasteiger partial charge in [-0.3, -0.25) is 4.79 Å². The minimum atomic E-state index is -0.155. The van der Waals surface area contributed by atoms with Crippen LogP contribution in [0.4, 0.5) is 11.4 Å². The number of ether oxygens (including phenoxy) is 2. The van der Waals surface area contributed by atoms with Crippen molar-refractivity contribution in [1.29, 1.82) is 0 Å². The summed E-state index contributed by atoms with van der Waals surface area (Å²) in [5, 5.41) is 2.86. The number of nitrogens with zero attached hydrogens (tertiary/aromatic N) is 1. The highest BCUT2D eigenvalue weighted by atomic mass is 16.7. The van der Waals surface area contributed by atoms with Gasteiger partial charge in [-0.15, -0.1) is 0 Å². The normalized spacial score (nSPS) is 12.1. The fourth-order valence-corrected chi connectivity index (χ4v) is 2.10. The molecular weight excluding hydrogens is 268 g/mol. The molecule has 3 rings (SSSR count). The van der Waals surface area contributed by atoms with Crippen LogP contribution in [0.1, 0.15) is 10.4 Å². The number of anilines is 2. The molecule has 0 fully saturated rings. The fraction of sp³-hybridized carbons (Fsp3) is 0.188. The van der Waals surface area contributed by atoms with E-state index in [0.29, 0.717) is 22.7 Å². The van der Waals surface area contributed by atoms with Crippen molar-refractivity contribution in [2.45, 2.75) is 0 Å². The lowest BCUT2D eigenvalue weighted by Crippen LogP contribution is -2.14. The number of carbonyl (C=O) groups excluding carboxylic acids is 1. The molecule has 0 spiro atoms. The van der Waals surface area contributed by atoms with E-state index in [1.54, 1.807) is 24.3 Å². The summed E-state index contributed by atoms with van der Waals surface area (Å²) in [6, 6.07) is 12.8. The van der Waals surface area contributed by atoms with Gasteiger partial charge < -0.3 is 19.7 Å². The summed E-state index contributed by atoms with van der Waals surface area (Å²) in [5.41, 5.74) is 2.27. The van der Waals surface area contributed by atoms with E-state index in [9.17, 15) is 4.79 Å². The van der Waals surface area contributed by atoms with Crippen LogP contribution in [0, 0.1) is 0 Å². The molecular formula is C16H16N2O3. The molecule has 0 saturated carbocycles. The van der Waals surface area contributed by atoms with Crippen molar-refractivity contribution >= 4 is 17.3 Å². The molecule has 0 atom stereocenters. The summed E-state index contributed by atoms with van der Waals surface area (Å²) in [5.74, 6) is 1.19. The Morgan fingerprint density at radius 1 is 1.10 bits per heavy atom. The molecule has 21 heavy (non-hydrogen) atoms. The van der Waals surface area contributed by atoms with Crippen LogP contribution in [-0.4, -0.2) is 26.8 Å². The predicted molar refractivity (Wildman–Crippen MR) is 81.3 cm³/mol. The van der Waals surface area contributed by atoms with E-state index in [1.165, 1.54) is 0 Å². The summed E-state index contributed by atoms with van der Waals surface area (Å²) in [7, 11) is 3.88. The first-order valence-electron chi connectivity index (χ1n) is 6.62. The SMILES string of the molecule is CN(C)c1cccc(C(=O)Nc2ccc3c(c2)OCO3)c1. The summed E-state index contributed by atoms with van der Waals surface area (Å²) >= 11 is 0. The molecule has 0 bridgehead atoms. The number of fused-ring (bicyclic) bond motifs is 1. The second-order valence-corrected chi connectivity index (χ2v) is 4.97. The molecule has 1 heterocycles. The minimum absolute atomic E-state index is 0.155. The van der Waals surface area contributed by atoms with Gasteiger partial charge in [-0.2, -0.15) is 0 Å². The quantitative estimate of drug-likeness (QED) is 0.941. The van der Waals surface area contributed by atoms with Gasteiger partial charge in [0.05, 0.1) is 0 Å². The Bertz CT molecular complexity index is 683. The van der Waals surface area contributed by atoms with Crippen molar-refractivity contribution in [2.75, 3.05) is 31.1 Å². The van der Waals surface area contributed by atoms with Crippen LogP contribution < -0.4 is 19.7 Å². The Hall–Kier alpha value is -2.69. The average Bonchev–Trinajstić information content (AvgIpc) is 2.95. The van der Waals surface area contributed by atoms with Crippen LogP contribution in [-0.2, 0) is 0 Å². The van der Waals surface area contributed by atoms with Crippen molar-refractivity contribution in [3.63, 3.8) is 0 Å². The first-order chi connectivity index (χ1) is 10.1. The number of benzene rings is 2. The smallest absolute Gasteiger partial charge is 0.255 e. The van der Waals surface area contributed by atoms with Gasteiger partial charge in [0.15, 0.2) is 11.5 Å². The number of hydrogen-bond acceptors (Lipinski definition) is 4. The van der Waals surface area contributed by atoms with Crippen LogP contribution in [0.5, 0.6) is 11.5 Å². The topological polar surface area (TPSA) is 50.8 Å². The highest BCUT2D eigenvalue weighted by molar-refractivity contribution is 6.05.